The third-order valence-electron chi connectivity index (χ3n) is 4.29. The minimum atomic E-state index is -0.247. The standard InChI is InChI=1S/C20H16ClFN4S/c21-15-3-7-17(8-4-15)26-18(11-14-1-5-16(22)6-2-14)12-25(20(26)27)13-19-23-9-10-24-19/h1-10,12H,11,13H2,(H,23,24). The van der Waals surface area contributed by atoms with E-state index in [1.54, 1.807) is 24.5 Å². The van der Waals surface area contributed by atoms with Crippen LogP contribution in [0.5, 0.6) is 0 Å². The lowest BCUT2D eigenvalue weighted by atomic mass is 10.1. The first-order valence-corrected chi connectivity index (χ1v) is 9.18. The monoisotopic (exact) mass is 398 g/mol. The first kappa shape index (κ1) is 17.7. The van der Waals surface area contributed by atoms with Crippen LogP contribution in [0.1, 0.15) is 17.1 Å². The molecule has 0 unspecified atom stereocenters. The summed E-state index contributed by atoms with van der Waals surface area (Å²) < 4.78 is 17.9. The minimum absolute atomic E-state index is 0.247. The summed E-state index contributed by atoms with van der Waals surface area (Å²) in [6.45, 7) is 0.544. The summed E-state index contributed by atoms with van der Waals surface area (Å²) in [5.41, 5.74) is 2.93. The Kier molecular flexibility index (Phi) is 4.92. The lowest BCUT2D eigenvalue weighted by molar-refractivity contribution is 0.627. The Balaban J connectivity index is 1.78. The van der Waals surface area contributed by atoms with Gasteiger partial charge in [-0.2, -0.15) is 0 Å². The van der Waals surface area contributed by atoms with E-state index in [0.717, 1.165) is 22.8 Å². The molecule has 2 aromatic heterocycles. The predicted molar refractivity (Wildman–Crippen MR) is 106 cm³/mol. The zero-order valence-electron chi connectivity index (χ0n) is 14.3. The summed E-state index contributed by atoms with van der Waals surface area (Å²) in [7, 11) is 0. The van der Waals surface area contributed by atoms with Gasteiger partial charge in [0, 0.05) is 41.4 Å². The molecule has 0 radical (unpaired) electrons. The molecular formula is C20H16ClFN4S. The Morgan fingerprint density at radius 1 is 1.07 bits per heavy atom. The number of aromatic nitrogens is 4. The second kappa shape index (κ2) is 7.50. The molecule has 4 rings (SSSR count). The quantitative estimate of drug-likeness (QED) is 0.471. The van der Waals surface area contributed by atoms with Gasteiger partial charge in [0.25, 0.3) is 0 Å². The van der Waals surface area contributed by atoms with Crippen LogP contribution in [0.15, 0.2) is 67.1 Å². The molecule has 136 valence electrons. The number of nitrogens with one attached hydrogen (secondary N) is 1. The van der Waals surface area contributed by atoms with E-state index < -0.39 is 0 Å². The van der Waals surface area contributed by atoms with Gasteiger partial charge in [-0.3, -0.25) is 4.57 Å². The molecule has 0 aliphatic heterocycles. The summed E-state index contributed by atoms with van der Waals surface area (Å²) in [6.07, 6.45) is 6.14. The van der Waals surface area contributed by atoms with Crippen LogP contribution in [0.3, 0.4) is 0 Å². The fourth-order valence-corrected chi connectivity index (χ4v) is 3.47. The maximum absolute atomic E-state index is 13.2. The molecule has 0 fully saturated rings. The molecule has 0 saturated heterocycles. The van der Waals surface area contributed by atoms with Gasteiger partial charge in [0.2, 0.25) is 0 Å². The first-order valence-electron chi connectivity index (χ1n) is 8.40. The van der Waals surface area contributed by atoms with E-state index >= 15 is 0 Å². The van der Waals surface area contributed by atoms with E-state index in [2.05, 4.69) is 9.97 Å². The van der Waals surface area contributed by atoms with Crippen molar-refractivity contribution in [1.29, 1.82) is 0 Å². The number of aromatic amines is 1. The van der Waals surface area contributed by atoms with E-state index in [0.29, 0.717) is 22.8 Å². The van der Waals surface area contributed by atoms with Crippen molar-refractivity contribution in [3.05, 3.63) is 99.8 Å². The van der Waals surface area contributed by atoms with Gasteiger partial charge in [-0.1, -0.05) is 23.7 Å². The Bertz CT molecular complexity index is 1100. The topological polar surface area (TPSA) is 38.5 Å². The molecular weight excluding hydrogens is 383 g/mol. The number of H-pyrrole nitrogens is 1. The van der Waals surface area contributed by atoms with Crippen LogP contribution in [0.2, 0.25) is 5.02 Å². The summed E-state index contributed by atoms with van der Waals surface area (Å²) in [5.74, 6) is 0.580. The summed E-state index contributed by atoms with van der Waals surface area (Å²) in [4.78, 5) is 7.38. The SMILES string of the molecule is Fc1ccc(Cc2cn(Cc3ncc[nH]3)c(=S)n2-c2ccc(Cl)cc2)cc1. The van der Waals surface area contributed by atoms with Gasteiger partial charge in [-0.05, 0) is 54.2 Å². The molecule has 2 heterocycles. The van der Waals surface area contributed by atoms with Crippen molar-refractivity contribution < 1.29 is 4.39 Å². The van der Waals surface area contributed by atoms with Crippen LogP contribution in [0.4, 0.5) is 4.39 Å². The minimum Gasteiger partial charge on any atom is -0.347 e. The molecule has 2 aromatic carbocycles. The van der Waals surface area contributed by atoms with Gasteiger partial charge in [0.15, 0.2) is 4.77 Å². The van der Waals surface area contributed by atoms with Crippen molar-refractivity contribution in [2.24, 2.45) is 0 Å². The van der Waals surface area contributed by atoms with Gasteiger partial charge in [0.05, 0.1) is 6.54 Å². The molecule has 7 heteroatoms. The van der Waals surface area contributed by atoms with Crippen molar-refractivity contribution >= 4 is 23.8 Å². The zero-order valence-corrected chi connectivity index (χ0v) is 15.8. The van der Waals surface area contributed by atoms with Crippen LogP contribution >= 0.6 is 23.8 Å². The largest absolute Gasteiger partial charge is 0.347 e. The first-order chi connectivity index (χ1) is 13.1. The predicted octanol–water partition coefficient (Wildman–Crippen LogP) is 5.16. The fourth-order valence-electron chi connectivity index (χ4n) is 3.01. The van der Waals surface area contributed by atoms with Crippen molar-refractivity contribution in [2.45, 2.75) is 13.0 Å². The average molecular weight is 399 g/mol. The normalized spacial score (nSPS) is 11.0. The van der Waals surface area contributed by atoms with Gasteiger partial charge < -0.3 is 9.55 Å². The van der Waals surface area contributed by atoms with Crippen LogP contribution < -0.4 is 0 Å². The second-order valence-electron chi connectivity index (χ2n) is 6.18. The number of rotatable bonds is 5. The Labute approximate surface area is 165 Å². The number of hydrogen-bond donors (Lipinski definition) is 1. The molecule has 0 saturated carbocycles. The van der Waals surface area contributed by atoms with Crippen LogP contribution in [0, 0.1) is 10.6 Å². The van der Waals surface area contributed by atoms with Gasteiger partial charge in [-0.25, -0.2) is 9.37 Å². The highest BCUT2D eigenvalue weighted by Crippen LogP contribution is 2.21. The Hall–Kier alpha value is -2.70. The third kappa shape index (κ3) is 3.86. The van der Waals surface area contributed by atoms with E-state index in [4.69, 9.17) is 23.8 Å². The van der Waals surface area contributed by atoms with Crippen LogP contribution in [-0.4, -0.2) is 19.1 Å². The summed E-state index contributed by atoms with van der Waals surface area (Å²) >= 11 is 11.8. The van der Waals surface area contributed by atoms with Crippen LogP contribution in [-0.2, 0) is 13.0 Å². The number of nitrogens with zero attached hydrogens (tertiary/aromatic N) is 3. The van der Waals surface area contributed by atoms with E-state index in [-0.39, 0.29) is 5.82 Å². The van der Waals surface area contributed by atoms with Gasteiger partial charge >= 0.3 is 0 Å². The molecule has 0 bridgehead atoms. The average Bonchev–Trinajstić information content (AvgIpc) is 3.27. The summed E-state index contributed by atoms with van der Waals surface area (Å²) in [5, 5.41) is 0.667. The summed E-state index contributed by atoms with van der Waals surface area (Å²) in [6, 6.07) is 14.1. The fraction of sp³-hybridized carbons (Fsp3) is 0.100. The Morgan fingerprint density at radius 3 is 2.48 bits per heavy atom. The molecule has 27 heavy (non-hydrogen) atoms. The van der Waals surface area contributed by atoms with Crippen molar-refractivity contribution in [3.8, 4) is 5.69 Å². The maximum atomic E-state index is 13.2. The van der Waals surface area contributed by atoms with Crippen molar-refractivity contribution in [1.82, 2.24) is 19.1 Å². The number of halogens is 2. The van der Waals surface area contributed by atoms with Crippen molar-refractivity contribution in [2.75, 3.05) is 0 Å². The lowest BCUT2D eigenvalue weighted by Crippen LogP contribution is -2.03. The molecule has 0 atom stereocenters. The second-order valence-corrected chi connectivity index (χ2v) is 6.98. The van der Waals surface area contributed by atoms with Gasteiger partial charge in [0.1, 0.15) is 11.6 Å². The lowest BCUT2D eigenvalue weighted by Gasteiger charge is -2.09. The van der Waals surface area contributed by atoms with E-state index in [1.807, 2.05) is 39.6 Å². The van der Waals surface area contributed by atoms with Crippen molar-refractivity contribution in [3.63, 3.8) is 0 Å². The molecule has 4 aromatic rings. The maximum Gasteiger partial charge on any atom is 0.185 e. The number of imidazole rings is 2. The van der Waals surface area contributed by atoms with Crippen LogP contribution in [0.25, 0.3) is 5.69 Å². The molecule has 0 spiro atoms. The highest BCUT2D eigenvalue weighted by molar-refractivity contribution is 7.71. The third-order valence-corrected chi connectivity index (χ3v) is 4.96. The molecule has 0 aliphatic carbocycles. The number of benzene rings is 2. The molecule has 0 aliphatic rings. The number of hydrogen-bond acceptors (Lipinski definition) is 2. The molecule has 4 nitrogen and oxygen atoms in total. The van der Waals surface area contributed by atoms with E-state index in [9.17, 15) is 4.39 Å². The smallest absolute Gasteiger partial charge is 0.185 e. The van der Waals surface area contributed by atoms with E-state index in [1.165, 1.54) is 12.1 Å². The molecule has 1 N–H and O–H groups in total. The Morgan fingerprint density at radius 2 is 1.81 bits per heavy atom. The highest BCUT2D eigenvalue weighted by atomic mass is 35.5. The highest BCUT2D eigenvalue weighted by Gasteiger charge is 2.12. The molecule has 0 amide bonds. The van der Waals surface area contributed by atoms with Gasteiger partial charge in [-0.15, -0.1) is 0 Å². The zero-order chi connectivity index (χ0) is 18.8.